The fourth-order valence-corrected chi connectivity index (χ4v) is 3.83. The molecule has 3 N–H and O–H groups in total. The zero-order valence-electron chi connectivity index (χ0n) is 12.9. The zero-order valence-corrected chi connectivity index (χ0v) is 15.3. The van der Waals surface area contributed by atoms with Gasteiger partial charge in [0.1, 0.15) is 0 Å². The molecule has 4 nitrogen and oxygen atoms in total. The SMILES string of the molecule is O=C(CSCc1ccccc1Cl)NNC(=S)NC1CCCCC1. The van der Waals surface area contributed by atoms with E-state index in [9.17, 15) is 4.79 Å². The van der Waals surface area contributed by atoms with Gasteiger partial charge < -0.3 is 5.32 Å². The lowest BCUT2D eigenvalue weighted by Crippen LogP contribution is -2.50. The van der Waals surface area contributed by atoms with Crippen LogP contribution in [0.4, 0.5) is 0 Å². The molecule has 0 unspecified atom stereocenters. The summed E-state index contributed by atoms with van der Waals surface area (Å²) in [6.07, 6.45) is 6.07. The van der Waals surface area contributed by atoms with Crippen LogP contribution in [0.25, 0.3) is 0 Å². The quantitative estimate of drug-likeness (QED) is 0.547. The second-order valence-electron chi connectivity index (χ2n) is 5.57. The fourth-order valence-electron chi connectivity index (χ4n) is 2.50. The van der Waals surface area contributed by atoms with Crippen LogP contribution in [0.3, 0.4) is 0 Å². The molecule has 0 saturated heterocycles. The first-order valence-corrected chi connectivity index (χ1v) is 9.76. The molecule has 1 aromatic rings. The minimum absolute atomic E-state index is 0.102. The molecule has 0 aliphatic heterocycles. The monoisotopic (exact) mass is 371 g/mol. The third-order valence-corrected chi connectivity index (χ3v) is 5.27. The highest BCUT2D eigenvalue weighted by atomic mass is 35.5. The Balaban J connectivity index is 1.59. The first kappa shape index (κ1) is 18.4. The number of rotatable bonds is 5. The molecule has 7 heteroatoms. The minimum atomic E-state index is -0.102. The van der Waals surface area contributed by atoms with Crippen LogP contribution in [0.1, 0.15) is 37.7 Å². The first-order chi connectivity index (χ1) is 11.1. The van der Waals surface area contributed by atoms with Crippen LogP contribution in [-0.2, 0) is 10.5 Å². The van der Waals surface area contributed by atoms with E-state index in [1.165, 1.54) is 31.0 Å². The number of hydrogen-bond acceptors (Lipinski definition) is 3. The Labute approximate surface area is 152 Å². The van der Waals surface area contributed by atoms with Gasteiger partial charge in [0.05, 0.1) is 5.75 Å². The smallest absolute Gasteiger partial charge is 0.248 e. The molecule has 0 bridgehead atoms. The van der Waals surface area contributed by atoms with E-state index in [0.717, 1.165) is 23.4 Å². The summed E-state index contributed by atoms with van der Waals surface area (Å²) in [6, 6.07) is 8.09. The molecular formula is C16H22ClN3OS2. The number of hydrogen-bond donors (Lipinski definition) is 3. The van der Waals surface area contributed by atoms with Crippen molar-refractivity contribution in [3.63, 3.8) is 0 Å². The van der Waals surface area contributed by atoms with Gasteiger partial charge >= 0.3 is 0 Å². The second kappa shape index (κ2) is 10.0. The van der Waals surface area contributed by atoms with Gasteiger partial charge in [-0.05, 0) is 36.7 Å². The van der Waals surface area contributed by atoms with E-state index in [2.05, 4.69) is 16.2 Å². The molecule has 0 spiro atoms. The van der Waals surface area contributed by atoms with Crippen molar-refractivity contribution in [3.8, 4) is 0 Å². The van der Waals surface area contributed by atoms with E-state index in [1.807, 2.05) is 24.3 Å². The van der Waals surface area contributed by atoms with Gasteiger partial charge in [0, 0.05) is 16.8 Å². The van der Waals surface area contributed by atoms with Crippen molar-refractivity contribution in [2.75, 3.05) is 5.75 Å². The molecule has 1 aliphatic rings. The Kier molecular flexibility index (Phi) is 7.99. The molecule has 0 aromatic heterocycles. The van der Waals surface area contributed by atoms with Gasteiger partial charge in [0.2, 0.25) is 5.91 Å². The predicted octanol–water partition coefficient (Wildman–Crippen LogP) is 3.40. The number of carbonyl (C=O) groups is 1. The second-order valence-corrected chi connectivity index (χ2v) is 7.37. The number of nitrogens with one attached hydrogen (secondary N) is 3. The largest absolute Gasteiger partial charge is 0.359 e. The lowest BCUT2D eigenvalue weighted by molar-refractivity contribution is -0.119. The molecule has 0 radical (unpaired) electrons. The topological polar surface area (TPSA) is 53.2 Å². The fraction of sp³-hybridized carbons (Fsp3) is 0.500. The maximum absolute atomic E-state index is 11.8. The lowest BCUT2D eigenvalue weighted by atomic mass is 9.96. The van der Waals surface area contributed by atoms with Crippen molar-refractivity contribution < 1.29 is 4.79 Å². The number of hydrazine groups is 1. The highest BCUT2D eigenvalue weighted by molar-refractivity contribution is 7.99. The third-order valence-electron chi connectivity index (χ3n) is 3.70. The molecule has 1 aliphatic carbocycles. The summed E-state index contributed by atoms with van der Waals surface area (Å²) in [7, 11) is 0. The standard InChI is InChI=1S/C16H22ClN3OS2/c17-14-9-5-4-6-12(14)10-23-11-15(21)19-20-16(22)18-13-7-2-1-3-8-13/h4-6,9,13H,1-3,7-8,10-11H2,(H,19,21)(H2,18,20,22). The summed E-state index contributed by atoms with van der Waals surface area (Å²) in [5.74, 6) is 0.956. The number of benzene rings is 1. The van der Waals surface area contributed by atoms with Gasteiger partial charge in [0.15, 0.2) is 5.11 Å². The Bertz CT molecular complexity index is 536. The van der Waals surface area contributed by atoms with Crippen molar-refractivity contribution in [3.05, 3.63) is 34.9 Å². The maximum Gasteiger partial charge on any atom is 0.248 e. The molecule has 1 fully saturated rings. The van der Waals surface area contributed by atoms with Gasteiger partial charge in [-0.2, -0.15) is 0 Å². The van der Waals surface area contributed by atoms with E-state index >= 15 is 0 Å². The van der Waals surface area contributed by atoms with E-state index in [0.29, 0.717) is 22.7 Å². The number of amides is 1. The van der Waals surface area contributed by atoms with Crippen molar-refractivity contribution in [2.45, 2.75) is 43.9 Å². The Morgan fingerprint density at radius 2 is 1.96 bits per heavy atom. The van der Waals surface area contributed by atoms with Crippen LogP contribution in [0, 0.1) is 0 Å². The Morgan fingerprint density at radius 1 is 1.22 bits per heavy atom. The number of carbonyl (C=O) groups excluding carboxylic acids is 1. The van der Waals surface area contributed by atoms with Gasteiger partial charge in [-0.15, -0.1) is 11.8 Å². The van der Waals surface area contributed by atoms with Gasteiger partial charge in [-0.1, -0.05) is 49.1 Å². The molecule has 1 saturated carbocycles. The van der Waals surface area contributed by atoms with E-state index in [4.69, 9.17) is 23.8 Å². The van der Waals surface area contributed by atoms with Crippen molar-refractivity contribution in [1.29, 1.82) is 0 Å². The van der Waals surface area contributed by atoms with E-state index in [-0.39, 0.29) is 5.91 Å². The summed E-state index contributed by atoms with van der Waals surface area (Å²) in [5.41, 5.74) is 6.43. The normalized spacial score (nSPS) is 15.0. The molecule has 1 aromatic carbocycles. The number of halogens is 1. The Hall–Kier alpha value is -0.980. The zero-order chi connectivity index (χ0) is 16.5. The van der Waals surface area contributed by atoms with Crippen LogP contribution < -0.4 is 16.2 Å². The van der Waals surface area contributed by atoms with E-state index in [1.54, 1.807) is 0 Å². The summed E-state index contributed by atoms with van der Waals surface area (Å²) in [4.78, 5) is 11.8. The maximum atomic E-state index is 11.8. The highest BCUT2D eigenvalue weighted by Crippen LogP contribution is 2.20. The minimum Gasteiger partial charge on any atom is -0.359 e. The Morgan fingerprint density at radius 3 is 2.70 bits per heavy atom. The predicted molar refractivity (Wildman–Crippen MR) is 101 cm³/mol. The summed E-state index contributed by atoms with van der Waals surface area (Å²) in [5, 5.41) is 4.47. The van der Waals surface area contributed by atoms with E-state index < -0.39 is 0 Å². The van der Waals surface area contributed by atoms with Crippen molar-refractivity contribution in [2.24, 2.45) is 0 Å². The summed E-state index contributed by atoms with van der Waals surface area (Å²) < 4.78 is 0. The molecule has 126 valence electrons. The lowest BCUT2D eigenvalue weighted by Gasteiger charge is -2.24. The first-order valence-electron chi connectivity index (χ1n) is 7.81. The molecular weight excluding hydrogens is 350 g/mol. The van der Waals surface area contributed by atoms with Crippen LogP contribution in [0.2, 0.25) is 5.02 Å². The van der Waals surface area contributed by atoms with Crippen LogP contribution in [-0.4, -0.2) is 22.8 Å². The average Bonchev–Trinajstić information content (AvgIpc) is 2.56. The number of thiocarbonyl (C=S) groups is 1. The van der Waals surface area contributed by atoms with Crippen LogP contribution >= 0.6 is 35.6 Å². The summed E-state index contributed by atoms with van der Waals surface area (Å²) in [6.45, 7) is 0. The van der Waals surface area contributed by atoms with Crippen LogP contribution in [0.5, 0.6) is 0 Å². The molecule has 23 heavy (non-hydrogen) atoms. The van der Waals surface area contributed by atoms with Crippen molar-refractivity contribution >= 4 is 46.6 Å². The van der Waals surface area contributed by atoms with Gasteiger partial charge in [-0.25, -0.2) is 0 Å². The number of thioether (sulfide) groups is 1. The van der Waals surface area contributed by atoms with Gasteiger partial charge in [-0.3, -0.25) is 15.6 Å². The molecule has 1 amide bonds. The van der Waals surface area contributed by atoms with Crippen LogP contribution in [0.15, 0.2) is 24.3 Å². The van der Waals surface area contributed by atoms with Crippen molar-refractivity contribution in [1.82, 2.24) is 16.2 Å². The third kappa shape index (κ3) is 6.97. The average molecular weight is 372 g/mol. The molecule has 0 heterocycles. The molecule has 0 atom stereocenters. The summed E-state index contributed by atoms with van der Waals surface area (Å²) >= 11 is 12.8. The van der Waals surface area contributed by atoms with Gasteiger partial charge in [0.25, 0.3) is 0 Å². The molecule has 2 rings (SSSR count). The highest BCUT2D eigenvalue weighted by Gasteiger charge is 2.14.